The van der Waals surface area contributed by atoms with Crippen LogP contribution in [-0.2, 0) is 19.1 Å². The van der Waals surface area contributed by atoms with E-state index in [1.807, 2.05) is 47.8 Å². The van der Waals surface area contributed by atoms with Gasteiger partial charge in [0.1, 0.15) is 11.7 Å². The molecule has 2 heterocycles. The third-order valence-electron chi connectivity index (χ3n) is 6.67. The summed E-state index contributed by atoms with van der Waals surface area (Å²) in [6.07, 6.45) is 0.247. The Morgan fingerprint density at radius 2 is 1.77 bits per heavy atom. The second-order valence-corrected chi connectivity index (χ2v) is 9.61. The van der Waals surface area contributed by atoms with Crippen molar-refractivity contribution >= 4 is 34.7 Å². The Balaban J connectivity index is 1.73. The van der Waals surface area contributed by atoms with Crippen LogP contribution in [-0.4, -0.2) is 24.3 Å². The molecule has 5 nitrogen and oxygen atoms in total. The van der Waals surface area contributed by atoms with Crippen molar-refractivity contribution in [3.05, 3.63) is 99.6 Å². The molecule has 0 unspecified atom stereocenters. The van der Waals surface area contributed by atoms with Gasteiger partial charge in [-0.1, -0.05) is 48.5 Å². The molecule has 3 atom stereocenters. The monoisotopic (exact) mass is 489 g/mol. The predicted octanol–water partition coefficient (Wildman–Crippen LogP) is 5.60. The number of halogens is 1. The molecular weight excluding hydrogens is 465 g/mol. The fourth-order valence-electron chi connectivity index (χ4n) is 5.18. The van der Waals surface area contributed by atoms with Crippen molar-refractivity contribution < 1.29 is 23.5 Å². The van der Waals surface area contributed by atoms with Crippen LogP contribution < -0.4 is 4.90 Å². The summed E-state index contributed by atoms with van der Waals surface area (Å²) >= 11 is 1.45. The number of rotatable bonds is 5. The summed E-state index contributed by atoms with van der Waals surface area (Å²) in [4.78, 5) is 43.0. The molecule has 2 aromatic carbocycles. The smallest absolute Gasteiger partial charge is 0.317 e. The molecule has 178 valence electrons. The first-order chi connectivity index (χ1) is 17.0. The molecule has 2 aliphatic rings. The van der Waals surface area contributed by atoms with E-state index in [0.717, 1.165) is 10.4 Å². The zero-order chi connectivity index (χ0) is 24.5. The number of carbonyl (C=O) groups excluding carboxylic acids is 3. The standard InChI is InChI=1S/C28H24FNO4S/c1-2-34-28(33)26-19(23-13-8-14-35-23)15-22-25(27(26)32)18(17-9-4-3-5-10-17)16-24(31)30(22)21-12-7-6-11-20(21)29/h3-14,18-19,26H,2,15-16H2,1H3/t18-,19+,26+/m0/s1. The first-order valence-corrected chi connectivity index (χ1v) is 12.5. The molecule has 0 N–H and O–H groups in total. The summed E-state index contributed by atoms with van der Waals surface area (Å²) < 4.78 is 20.3. The van der Waals surface area contributed by atoms with E-state index in [0.29, 0.717) is 11.3 Å². The van der Waals surface area contributed by atoms with Gasteiger partial charge in [-0.3, -0.25) is 19.3 Å². The van der Waals surface area contributed by atoms with Crippen molar-refractivity contribution in [2.75, 3.05) is 11.5 Å². The number of esters is 1. The molecule has 0 saturated carbocycles. The lowest BCUT2D eigenvalue weighted by Crippen LogP contribution is -2.46. The number of ketones is 1. The van der Waals surface area contributed by atoms with Gasteiger partial charge in [-0.25, -0.2) is 4.39 Å². The maximum Gasteiger partial charge on any atom is 0.317 e. The van der Waals surface area contributed by atoms with Crippen LogP contribution in [0, 0.1) is 11.7 Å². The Kier molecular flexibility index (Phi) is 6.34. The highest BCUT2D eigenvalue weighted by atomic mass is 32.1. The van der Waals surface area contributed by atoms with Gasteiger partial charge in [-0.15, -0.1) is 11.3 Å². The average Bonchev–Trinajstić information content (AvgIpc) is 3.40. The quantitative estimate of drug-likeness (QED) is 0.346. The van der Waals surface area contributed by atoms with Crippen molar-refractivity contribution in [1.29, 1.82) is 0 Å². The molecule has 0 saturated heterocycles. The summed E-state index contributed by atoms with van der Waals surface area (Å²) in [6.45, 7) is 1.87. The van der Waals surface area contributed by atoms with E-state index >= 15 is 0 Å². The highest BCUT2D eigenvalue weighted by Gasteiger charge is 2.50. The number of benzene rings is 2. The minimum atomic E-state index is -1.02. The van der Waals surface area contributed by atoms with Gasteiger partial charge < -0.3 is 4.74 Å². The molecule has 0 radical (unpaired) electrons. The summed E-state index contributed by atoms with van der Waals surface area (Å²) in [5, 5.41) is 1.89. The van der Waals surface area contributed by atoms with E-state index in [1.54, 1.807) is 25.1 Å². The van der Waals surface area contributed by atoms with E-state index in [9.17, 15) is 18.8 Å². The normalized spacial score (nSPS) is 22.2. The van der Waals surface area contributed by atoms with Crippen molar-refractivity contribution in [3.63, 3.8) is 0 Å². The van der Waals surface area contributed by atoms with Gasteiger partial charge in [0.15, 0.2) is 5.78 Å². The Morgan fingerprint density at radius 3 is 2.46 bits per heavy atom. The van der Waals surface area contributed by atoms with Crippen molar-refractivity contribution in [1.82, 2.24) is 0 Å². The lowest BCUT2D eigenvalue weighted by molar-refractivity contribution is -0.152. The van der Waals surface area contributed by atoms with Crippen LogP contribution >= 0.6 is 11.3 Å². The number of hydrogen-bond donors (Lipinski definition) is 0. The topological polar surface area (TPSA) is 63.7 Å². The molecule has 1 aliphatic heterocycles. The number of allylic oxidation sites excluding steroid dienone is 2. The fraction of sp³-hybridized carbons (Fsp3) is 0.250. The number of thiophene rings is 1. The zero-order valence-corrected chi connectivity index (χ0v) is 20.0. The van der Waals surface area contributed by atoms with E-state index < -0.39 is 29.5 Å². The number of Topliss-reactive ketones (excluding diaryl/α,β-unsaturated/α-hetero) is 1. The van der Waals surface area contributed by atoms with E-state index in [1.165, 1.54) is 22.3 Å². The average molecular weight is 490 g/mol. The van der Waals surface area contributed by atoms with E-state index in [-0.39, 0.29) is 36.8 Å². The van der Waals surface area contributed by atoms with Gasteiger partial charge in [0, 0.05) is 34.4 Å². The van der Waals surface area contributed by atoms with Crippen molar-refractivity contribution in [3.8, 4) is 0 Å². The van der Waals surface area contributed by atoms with Gasteiger partial charge >= 0.3 is 5.97 Å². The molecule has 1 aliphatic carbocycles. The lowest BCUT2D eigenvalue weighted by atomic mass is 9.69. The highest BCUT2D eigenvalue weighted by Crippen LogP contribution is 2.50. The first-order valence-electron chi connectivity index (χ1n) is 11.6. The summed E-state index contributed by atoms with van der Waals surface area (Å²) in [5.41, 5.74) is 1.78. The maximum absolute atomic E-state index is 14.9. The summed E-state index contributed by atoms with van der Waals surface area (Å²) in [5.74, 6) is -3.79. The van der Waals surface area contributed by atoms with E-state index in [4.69, 9.17) is 4.74 Å². The van der Waals surface area contributed by atoms with Gasteiger partial charge in [0.05, 0.1) is 12.3 Å². The summed E-state index contributed by atoms with van der Waals surface area (Å²) in [6, 6.07) is 19.1. The number of carbonyl (C=O) groups is 3. The Morgan fingerprint density at radius 1 is 1.03 bits per heavy atom. The lowest BCUT2D eigenvalue weighted by Gasteiger charge is -2.42. The molecule has 0 fully saturated rings. The molecular formula is C28H24FNO4S. The van der Waals surface area contributed by atoms with Crippen molar-refractivity contribution in [2.24, 2.45) is 5.92 Å². The largest absolute Gasteiger partial charge is 0.465 e. The molecule has 5 rings (SSSR count). The second kappa shape index (κ2) is 9.58. The van der Waals surface area contributed by atoms with Crippen LogP contribution in [0.4, 0.5) is 10.1 Å². The molecule has 0 spiro atoms. The number of amides is 1. The first kappa shape index (κ1) is 23.2. The third-order valence-corrected chi connectivity index (χ3v) is 7.67. The summed E-state index contributed by atoms with van der Waals surface area (Å²) in [7, 11) is 0. The number of para-hydroxylation sites is 1. The number of ether oxygens (including phenoxy) is 1. The van der Waals surface area contributed by atoms with Crippen LogP contribution in [0.3, 0.4) is 0 Å². The van der Waals surface area contributed by atoms with Crippen molar-refractivity contribution in [2.45, 2.75) is 31.6 Å². The minimum Gasteiger partial charge on any atom is -0.465 e. The Labute approximate surface area is 206 Å². The van der Waals surface area contributed by atoms with Gasteiger partial charge in [-0.05, 0) is 42.5 Å². The molecule has 0 bridgehead atoms. The van der Waals surface area contributed by atoms with Crippen LogP contribution in [0.15, 0.2) is 83.4 Å². The SMILES string of the molecule is CCOC(=O)[C@H]1C(=O)C2=C(C[C@@H]1c1cccs1)N(c1ccccc1F)C(=O)C[C@H]2c1ccccc1. The van der Waals surface area contributed by atoms with E-state index in [2.05, 4.69) is 0 Å². The predicted molar refractivity (Wildman–Crippen MR) is 132 cm³/mol. The molecule has 1 aromatic heterocycles. The van der Waals surface area contributed by atoms with Crippen LogP contribution in [0.25, 0.3) is 0 Å². The van der Waals surface area contributed by atoms with Gasteiger partial charge in [0.25, 0.3) is 0 Å². The van der Waals surface area contributed by atoms with Crippen LogP contribution in [0.2, 0.25) is 0 Å². The fourth-order valence-corrected chi connectivity index (χ4v) is 6.05. The Bertz CT molecular complexity index is 1300. The Hall–Kier alpha value is -3.58. The third kappa shape index (κ3) is 4.10. The van der Waals surface area contributed by atoms with Gasteiger partial charge in [-0.2, -0.15) is 0 Å². The minimum absolute atomic E-state index is 0.00212. The van der Waals surface area contributed by atoms with Crippen LogP contribution in [0.1, 0.15) is 42.0 Å². The maximum atomic E-state index is 14.9. The molecule has 3 aromatic rings. The van der Waals surface area contributed by atoms with Gasteiger partial charge in [0.2, 0.25) is 5.91 Å². The molecule has 1 amide bonds. The molecule has 35 heavy (non-hydrogen) atoms. The highest BCUT2D eigenvalue weighted by molar-refractivity contribution is 7.10. The number of nitrogens with zero attached hydrogens (tertiary/aromatic N) is 1. The van der Waals surface area contributed by atoms with Crippen LogP contribution in [0.5, 0.6) is 0 Å². The zero-order valence-electron chi connectivity index (χ0n) is 19.1. The molecule has 7 heteroatoms. The number of hydrogen-bond acceptors (Lipinski definition) is 5. The number of anilines is 1. The second-order valence-electron chi connectivity index (χ2n) is 8.63.